The molecule has 134 valence electrons. The van der Waals surface area contributed by atoms with E-state index in [9.17, 15) is 10.1 Å². The number of rotatable bonds is 4. The number of non-ortho nitro benzene ring substituents is 1. The fraction of sp³-hybridized carbons (Fsp3) is 0.0588. The van der Waals surface area contributed by atoms with Gasteiger partial charge < -0.3 is 4.57 Å². The smallest absolute Gasteiger partial charge is 0.270 e. The highest BCUT2D eigenvalue weighted by Crippen LogP contribution is 2.28. The highest BCUT2D eigenvalue weighted by Gasteiger charge is 2.12. The van der Waals surface area contributed by atoms with E-state index in [1.54, 1.807) is 12.1 Å². The molecule has 0 atom stereocenters. The molecule has 0 aliphatic rings. The van der Waals surface area contributed by atoms with Gasteiger partial charge in [-0.1, -0.05) is 28.1 Å². The van der Waals surface area contributed by atoms with Crippen LogP contribution in [0.4, 0.5) is 11.6 Å². The summed E-state index contributed by atoms with van der Waals surface area (Å²) < 4.78 is 2.88. The summed E-state index contributed by atoms with van der Waals surface area (Å²) in [6.07, 6.45) is 1.46. The third-order valence-electron chi connectivity index (χ3n) is 4.02. The lowest BCUT2D eigenvalue weighted by molar-refractivity contribution is -0.384. The Morgan fingerprint density at radius 2 is 2.11 bits per heavy atom. The monoisotopic (exact) mass is 425 g/mol. The van der Waals surface area contributed by atoms with Crippen molar-refractivity contribution < 1.29 is 4.92 Å². The van der Waals surface area contributed by atoms with Crippen LogP contribution in [0, 0.1) is 10.1 Å². The normalized spacial score (nSPS) is 11.5. The molecule has 2 aromatic heterocycles. The molecule has 4 aromatic rings. The largest absolute Gasteiger partial charge is 0.327 e. The van der Waals surface area contributed by atoms with Crippen molar-refractivity contribution in [3.8, 4) is 0 Å². The maximum Gasteiger partial charge on any atom is 0.270 e. The lowest BCUT2D eigenvalue weighted by atomic mass is 10.2. The molecule has 2 heterocycles. The summed E-state index contributed by atoms with van der Waals surface area (Å²) in [5.74, 6) is 0.231. The van der Waals surface area contributed by atoms with Crippen molar-refractivity contribution in [2.24, 2.45) is 12.1 Å². The molecular weight excluding hydrogens is 414 g/mol. The van der Waals surface area contributed by atoms with Crippen LogP contribution >= 0.6 is 15.9 Å². The van der Waals surface area contributed by atoms with Gasteiger partial charge in [-0.25, -0.2) is 5.43 Å². The van der Waals surface area contributed by atoms with E-state index in [-0.39, 0.29) is 11.6 Å². The number of fused-ring (bicyclic) bond motifs is 3. The molecular formula is C17H12BrN7O2. The molecule has 0 amide bonds. The van der Waals surface area contributed by atoms with Gasteiger partial charge in [-0.3, -0.25) is 10.1 Å². The molecule has 4 rings (SSSR count). The Hall–Kier alpha value is -3.40. The Morgan fingerprint density at radius 3 is 2.93 bits per heavy atom. The minimum absolute atomic E-state index is 0.0000487. The number of benzene rings is 2. The summed E-state index contributed by atoms with van der Waals surface area (Å²) in [6.45, 7) is 0. The van der Waals surface area contributed by atoms with Crippen molar-refractivity contribution in [2.75, 3.05) is 5.43 Å². The molecule has 0 saturated heterocycles. The number of nitro benzene ring substituents is 1. The van der Waals surface area contributed by atoms with Crippen LogP contribution < -0.4 is 5.43 Å². The number of halogens is 1. The number of aryl methyl sites for hydroxylation is 1. The van der Waals surface area contributed by atoms with E-state index in [2.05, 4.69) is 41.6 Å². The molecule has 0 aliphatic heterocycles. The van der Waals surface area contributed by atoms with Crippen LogP contribution in [-0.2, 0) is 7.05 Å². The van der Waals surface area contributed by atoms with Crippen molar-refractivity contribution in [1.82, 2.24) is 19.7 Å². The zero-order valence-electron chi connectivity index (χ0n) is 14.0. The van der Waals surface area contributed by atoms with Gasteiger partial charge in [-0.05, 0) is 18.2 Å². The summed E-state index contributed by atoms with van der Waals surface area (Å²) in [4.78, 5) is 14.8. The number of hydrogen-bond donors (Lipinski definition) is 1. The van der Waals surface area contributed by atoms with Gasteiger partial charge in [0.1, 0.15) is 5.52 Å². The predicted molar refractivity (Wildman–Crippen MR) is 106 cm³/mol. The fourth-order valence-electron chi connectivity index (χ4n) is 2.76. The Balaban J connectivity index is 1.63. The van der Waals surface area contributed by atoms with E-state index < -0.39 is 4.92 Å². The maximum atomic E-state index is 10.8. The number of anilines is 1. The summed E-state index contributed by atoms with van der Waals surface area (Å²) in [5.41, 5.74) is 5.65. The summed E-state index contributed by atoms with van der Waals surface area (Å²) in [5, 5.41) is 24.1. The molecule has 0 spiro atoms. The molecule has 0 unspecified atom stereocenters. The molecule has 0 aliphatic carbocycles. The van der Waals surface area contributed by atoms with Crippen molar-refractivity contribution in [2.45, 2.75) is 0 Å². The second-order valence-corrected chi connectivity index (χ2v) is 6.67. The van der Waals surface area contributed by atoms with Crippen molar-refractivity contribution in [3.05, 3.63) is 62.6 Å². The highest BCUT2D eigenvalue weighted by molar-refractivity contribution is 9.10. The Bertz CT molecular complexity index is 1220. The first-order valence-electron chi connectivity index (χ1n) is 7.85. The van der Waals surface area contributed by atoms with Crippen LogP contribution in [0.3, 0.4) is 0 Å². The topological polar surface area (TPSA) is 111 Å². The lowest BCUT2D eigenvalue weighted by Crippen LogP contribution is -2.01. The Kier molecular flexibility index (Phi) is 4.24. The second-order valence-electron chi connectivity index (χ2n) is 5.75. The van der Waals surface area contributed by atoms with E-state index in [1.165, 1.54) is 18.3 Å². The van der Waals surface area contributed by atoms with Crippen LogP contribution in [0.5, 0.6) is 0 Å². The highest BCUT2D eigenvalue weighted by atomic mass is 79.9. The van der Waals surface area contributed by atoms with E-state index in [0.717, 1.165) is 15.4 Å². The third kappa shape index (κ3) is 3.22. The number of hydrazone groups is 1. The molecule has 27 heavy (non-hydrogen) atoms. The van der Waals surface area contributed by atoms with Crippen LogP contribution in [0.25, 0.3) is 22.1 Å². The van der Waals surface area contributed by atoms with Crippen LogP contribution in [0.2, 0.25) is 0 Å². The van der Waals surface area contributed by atoms with E-state index in [0.29, 0.717) is 16.7 Å². The number of hydrogen-bond acceptors (Lipinski definition) is 7. The molecule has 9 nitrogen and oxygen atoms in total. The standard InChI is InChI=1S/C17H12BrN7O2/c1-24-14-6-5-11(18)8-13(14)15-16(24)20-17(23-21-15)22-19-9-10-3-2-4-12(7-10)25(26)27/h2-9H,1H3,(H,20,22,23)/b19-9-. The number of nitrogens with zero attached hydrogens (tertiary/aromatic N) is 6. The second kappa shape index (κ2) is 6.72. The first-order chi connectivity index (χ1) is 13.0. The van der Waals surface area contributed by atoms with Gasteiger partial charge in [0.15, 0.2) is 5.65 Å². The Labute approximate surface area is 161 Å². The number of nitrogens with one attached hydrogen (secondary N) is 1. The van der Waals surface area contributed by atoms with Gasteiger partial charge in [0.05, 0.1) is 16.7 Å². The van der Waals surface area contributed by atoms with E-state index in [1.807, 2.05) is 29.8 Å². The fourth-order valence-corrected chi connectivity index (χ4v) is 3.12. The van der Waals surface area contributed by atoms with Crippen molar-refractivity contribution >= 4 is 55.8 Å². The van der Waals surface area contributed by atoms with Gasteiger partial charge in [0, 0.05) is 34.6 Å². The molecule has 10 heteroatoms. The number of aromatic nitrogens is 4. The first-order valence-corrected chi connectivity index (χ1v) is 8.64. The molecule has 2 aromatic carbocycles. The maximum absolute atomic E-state index is 10.8. The molecule has 0 bridgehead atoms. The van der Waals surface area contributed by atoms with Gasteiger partial charge in [-0.15, -0.1) is 10.2 Å². The van der Waals surface area contributed by atoms with Gasteiger partial charge in [0.25, 0.3) is 11.6 Å². The molecule has 0 saturated carbocycles. The minimum Gasteiger partial charge on any atom is -0.327 e. The summed E-state index contributed by atoms with van der Waals surface area (Å²) >= 11 is 3.46. The average Bonchev–Trinajstić information content (AvgIpc) is 2.93. The SMILES string of the molecule is Cn1c2ccc(Br)cc2c2nnc(N/N=C\c3cccc([N+](=O)[O-])c3)nc21. The van der Waals surface area contributed by atoms with Gasteiger partial charge in [-0.2, -0.15) is 10.1 Å². The van der Waals surface area contributed by atoms with Crippen LogP contribution in [0.1, 0.15) is 5.56 Å². The third-order valence-corrected chi connectivity index (χ3v) is 4.51. The van der Waals surface area contributed by atoms with Crippen LogP contribution in [0.15, 0.2) is 52.0 Å². The van der Waals surface area contributed by atoms with Crippen molar-refractivity contribution in [3.63, 3.8) is 0 Å². The molecule has 0 radical (unpaired) electrons. The quantitative estimate of drug-likeness (QED) is 0.303. The molecule has 0 fully saturated rings. The van der Waals surface area contributed by atoms with Gasteiger partial charge in [0.2, 0.25) is 0 Å². The lowest BCUT2D eigenvalue weighted by Gasteiger charge is -1.99. The predicted octanol–water partition coefficient (Wildman–Crippen LogP) is 3.63. The van der Waals surface area contributed by atoms with E-state index in [4.69, 9.17) is 0 Å². The van der Waals surface area contributed by atoms with E-state index >= 15 is 0 Å². The van der Waals surface area contributed by atoms with Gasteiger partial charge >= 0.3 is 0 Å². The first kappa shape index (κ1) is 17.0. The summed E-state index contributed by atoms with van der Waals surface area (Å²) in [7, 11) is 1.91. The van der Waals surface area contributed by atoms with Crippen LogP contribution in [-0.4, -0.2) is 30.9 Å². The minimum atomic E-state index is -0.454. The Morgan fingerprint density at radius 1 is 1.26 bits per heavy atom. The zero-order valence-corrected chi connectivity index (χ0v) is 15.6. The summed E-state index contributed by atoms with van der Waals surface area (Å²) in [6, 6.07) is 12.1. The molecule has 1 N–H and O–H groups in total. The van der Waals surface area contributed by atoms with Crippen molar-refractivity contribution in [1.29, 1.82) is 0 Å². The average molecular weight is 426 g/mol. The number of nitro groups is 1. The zero-order chi connectivity index (χ0) is 19.0.